The van der Waals surface area contributed by atoms with Crippen LogP contribution >= 0.6 is 0 Å². The number of benzene rings is 2. The minimum atomic E-state index is -4.22. The molecular formula is C16H17FN2O6S2. The molecule has 0 aromatic heterocycles. The summed E-state index contributed by atoms with van der Waals surface area (Å²) in [4.78, 5) is -0.539. The maximum absolute atomic E-state index is 13.3. The Hall–Kier alpha value is -2.21. The molecule has 0 spiro atoms. The lowest BCUT2D eigenvalue weighted by molar-refractivity contribution is 0.0730. The van der Waals surface area contributed by atoms with Crippen molar-refractivity contribution in [2.24, 2.45) is 0 Å². The van der Waals surface area contributed by atoms with Crippen molar-refractivity contribution in [2.45, 2.75) is 9.79 Å². The van der Waals surface area contributed by atoms with Gasteiger partial charge in [0, 0.05) is 13.1 Å². The van der Waals surface area contributed by atoms with Crippen LogP contribution in [-0.4, -0.2) is 52.6 Å². The van der Waals surface area contributed by atoms with E-state index >= 15 is 0 Å². The van der Waals surface area contributed by atoms with Gasteiger partial charge in [-0.25, -0.2) is 21.2 Å². The first-order chi connectivity index (χ1) is 12.7. The zero-order valence-corrected chi connectivity index (χ0v) is 15.6. The number of nitrogens with one attached hydrogen (secondary N) is 1. The second kappa shape index (κ2) is 7.43. The van der Waals surface area contributed by atoms with Crippen molar-refractivity contribution in [1.29, 1.82) is 0 Å². The third-order valence-electron chi connectivity index (χ3n) is 3.93. The normalized spacial score (nSPS) is 16.2. The second-order valence-electron chi connectivity index (χ2n) is 5.76. The molecule has 0 atom stereocenters. The third-order valence-corrected chi connectivity index (χ3v) is 7.18. The largest absolute Gasteiger partial charge is 0.506 e. The Bertz CT molecular complexity index is 1050. The van der Waals surface area contributed by atoms with Crippen LogP contribution in [0.5, 0.6) is 5.75 Å². The lowest BCUT2D eigenvalue weighted by Gasteiger charge is -2.26. The molecule has 1 saturated heterocycles. The number of phenolic OH excluding ortho intramolecular Hbond substituents is 1. The summed E-state index contributed by atoms with van der Waals surface area (Å²) in [6, 6.07) is 7.59. The van der Waals surface area contributed by atoms with E-state index < -0.39 is 31.6 Å². The lowest BCUT2D eigenvalue weighted by Crippen LogP contribution is -2.40. The Morgan fingerprint density at radius 3 is 2.37 bits per heavy atom. The van der Waals surface area contributed by atoms with Crippen LogP contribution in [0.15, 0.2) is 52.3 Å². The highest BCUT2D eigenvalue weighted by atomic mass is 32.2. The fourth-order valence-electron chi connectivity index (χ4n) is 2.53. The van der Waals surface area contributed by atoms with E-state index in [0.29, 0.717) is 0 Å². The molecule has 146 valence electrons. The van der Waals surface area contributed by atoms with Gasteiger partial charge in [-0.05, 0) is 36.4 Å². The fourth-order valence-corrected chi connectivity index (χ4v) is 5.06. The number of hydrogen-bond acceptors (Lipinski definition) is 6. The molecule has 0 amide bonds. The smallest absolute Gasteiger partial charge is 0.262 e. The number of ether oxygens (including phenoxy) is 1. The van der Waals surface area contributed by atoms with Crippen LogP contribution in [0.1, 0.15) is 0 Å². The van der Waals surface area contributed by atoms with Crippen LogP contribution in [0, 0.1) is 5.82 Å². The highest BCUT2D eigenvalue weighted by Gasteiger charge is 2.27. The maximum atomic E-state index is 13.3. The SMILES string of the molecule is O=S(=O)(Nc1cc(S(=O)(=O)N2CCOCC2)ccc1O)c1cccc(F)c1. The summed E-state index contributed by atoms with van der Waals surface area (Å²) in [5.41, 5.74) is -0.325. The molecule has 0 saturated carbocycles. The van der Waals surface area contributed by atoms with Crippen LogP contribution in [-0.2, 0) is 24.8 Å². The zero-order valence-electron chi connectivity index (χ0n) is 14.0. The molecule has 1 aliphatic rings. The molecule has 0 bridgehead atoms. The van der Waals surface area contributed by atoms with Gasteiger partial charge in [-0.3, -0.25) is 4.72 Å². The Labute approximate surface area is 156 Å². The van der Waals surface area contributed by atoms with E-state index in [0.717, 1.165) is 24.3 Å². The van der Waals surface area contributed by atoms with Gasteiger partial charge in [-0.1, -0.05) is 6.07 Å². The summed E-state index contributed by atoms with van der Waals surface area (Å²) in [5, 5.41) is 9.95. The molecule has 2 aromatic carbocycles. The van der Waals surface area contributed by atoms with E-state index in [4.69, 9.17) is 4.74 Å². The molecule has 0 radical (unpaired) electrons. The van der Waals surface area contributed by atoms with Gasteiger partial charge >= 0.3 is 0 Å². The van der Waals surface area contributed by atoms with Crippen molar-refractivity contribution in [1.82, 2.24) is 4.31 Å². The van der Waals surface area contributed by atoms with Gasteiger partial charge in [0.25, 0.3) is 10.0 Å². The van der Waals surface area contributed by atoms with Gasteiger partial charge in [-0.15, -0.1) is 0 Å². The molecule has 1 heterocycles. The topological polar surface area (TPSA) is 113 Å². The van der Waals surface area contributed by atoms with Crippen LogP contribution in [0.3, 0.4) is 0 Å². The monoisotopic (exact) mass is 416 g/mol. The summed E-state index contributed by atoms with van der Waals surface area (Å²) >= 11 is 0. The van der Waals surface area contributed by atoms with Crippen molar-refractivity contribution in [2.75, 3.05) is 31.0 Å². The minimum Gasteiger partial charge on any atom is -0.506 e. The van der Waals surface area contributed by atoms with Crippen molar-refractivity contribution in [3.8, 4) is 5.75 Å². The van der Waals surface area contributed by atoms with Crippen LogP contribution in [0.25, 0.3) is 0 Å². The number of nitrogens with zero attached hydrogens (tertiary/aromatic N) is 1. The molecule has 1 aliphatic heterocycles. The van der Waals surface area contributed by atoms with Crippen molar-refractivity contribution in [3.05, 3.63) is 48.3 Å². The number of sulfonamides is 2. The van der Waals surface area contributed by atoms with E-state index in [-0.39, 0.29) is 41.8 Å². The number of aromatic hydroxyl groups is 1. The van der Waals surface area contributed by atoms with Crippen LogP contribution in [0.2, 0.25) is 0 Å². The standard InChI is InChI=1S/C16H17FN2O6S2/c17-12-2-1-3-13(10-12)26(21,22)18-15-11-14(4-5-16(15)20)27(23,24)19-6-8-25-9-7-19/h1-5,10-11,18,20H,6-9H2. The van der Waals surface area contributed by atoms with Crippen molar-refractivity contribution < 1.29 is 31.1 Å². The minimum absolute atomic E-state index is 0.174. The van der Waals surface area contributed by atoms with Gasteiger partial charge in [0.1, 0.15) is 11.6 Å². The van der Waals surface area contributed by atoms with Gasteiger partial charge in [0.2, 0.25) is 10.0 Å². The van der Waals surface area contributed by atoms with Crippen molar-refractivity contribution in [3.63, 3.8) is 0 Å². The Morgan fingerprint density at radius 2 is 1.70 bits per heavy atom. The number of hydrogen-bond donors (Lipinski definition) is 2. The predicted octanol–water partition coefficient (Wildman–Crippen LogP) is 1.35. The first kappa shape index (κ1) is 19.5. The lowest BCUT2D eigenvalue weighted by atomic mass is 10.3. The average molecular weight is 416 g/mol. The third kappa shape index (κ3) is 4.21. The Kier molecular flexibility index (Phi) is 5.38. The summed E-state index contributed by atoms with van der Waals surface area (Å²) in [7, 11) is -8.10. The molecule has 0 aliphatic carbocycles. The quantitative estimate of drug-likeness (QED) is 0.712. The fraction of sp³-hybridized carbons (Fsp3) is 0.250. The molecule has 11 heteroatoms. The van der Waals surface area contributed by atoms with Gasteiger partial charge < -0.3 is 9.84 Å². The van der Waals surface area contributed by atoms with E-state index in [2.05, 4.69) is 4.72 Å². The summed E-state index contributed by atoms with van der Waals surface area (Å²) in [6.45, 7) is 0.869. The first-order valence-electron chi connectivity index (χ1n) is 7.89. The first-order valence-corrected chi connectivity index (χ1v) is 10.8. The van der Waals surface area contributed by atoms with Crippen LogP contribution in [0.4, 0.5) is 10.1 Å². The predicted molar refractivity (Wildman–Crippen MR) is 94.9 cm³/mol. The summed E-state index contributed by atoms with van der Waals surface area (Å²) in [5.74, 6) is -1.21. The summed E-state index contributed by atoms with van der Waals surface area (Å²) in [6.07, 6.45) is 0. The van der Waals surface area contributed by atoms with Gasteiger partial charge in [0.05, 0.1) is 28.7 Å². The highest BCUT2D eigenvalue weighted by molar-refractivity contribution is 7.92. The van der Waals surface area contributed by atoms with E-state index in [9.17, 15) is 26.3 Å². The van der Waals surface area contributed by atoms with E-state index in [1.54, 1.807) is 0 Å². The zero-order chi connectivity index (χ0) is 19.7. The average Bonchev–Trinajstić information content (AvgIpc) is 2.64. The molecule has 1 fully saturated rings. The molecule has 2 N–H and O–H groups in total. The number of rotatable bonds is 5. The molecule has 27 heavy (non-hydrogen) atoms. The van der Waals surface area contributed by atoms with Gasteiger partial charge in [-0.2, -0.15) is 4.31 Å². The Balaban J connectivity index is 1.94. The van der Waals surface area contributed by atoms with Crippen LogP contribution < -0.4 is 4.72 Å². The van der Waals surface area contributed by atoms with Crippen molar-refractivity contribution >= 4 is 25.7 Å². The van der Waals surface area contributed by atoms with E-state index in [1.807, 2.05) is 0 Å². The number of anilines is 1. The number of halogens is 1. The summed E-state index contributed by atoms with van der Waals surface area (Å²) < 4.78 is 71.9. The molecule has 8 nitrogen and oxygen atoms in total. The number of phenols is 1. The second-order valence-corrected chi connectivity index (χ2v) is 9.38. The highest BCUT2D eigenvalue weighted by Crippen LogP contribution is 2.30. The maximum Gasteiger partial charge on any atom is 0.262 e. The molecular weight excluding hydrogens is 399 g/mol. The molecule has 3 rings (SSSR count). The molecule has 2 aromatic rings. The molecule has 0 unspecified atom stereocenters. The Morgan fingerprint density at radius 1 is 1.00 bits per heavy atom. The van der Waals surface area contributed by atoms with E-state index in [1.165, 1.54) is 22.5 Å². The number of morpholine rings is 1. The van der Waals surface area contributed by atoms with Gasteiger partial charge in [0.15, 0.2) is 0 Å².